The lowest BCUT2D eigenvalue weighted by molar-refractivity contribution is -0.137. The van der Waals surface area contributed by atoms with E-state index in [-0.39, 0.29) is 25.0 Å². The Morgan fingerprint density at radius 1 is 0.956 bits per heavy atom. The Morgan fingerprint density at radius 2 is 1.67 bits per heavy atom. The number of para-hydroxylation sites is 2. The lowest BCUT2D eigenvalue weighted by Gasteiger charge is -2.40. The van der Waals surface area contributed by atoms with Gasteiger partial charge >= 0.3 is 0 Å². The normalized spacial score (nSPS) is 20.3. The zero-order valence-electron chi connectivity index (χ0n) is 26.5. The smallest absolute Gasteiger partial charge is 0.247 e. The molecule has 0 fully saturated rings. The van der Waals surface area contributed by atoms with Gasteiger partial charge in [-0.1, -0.05) is 94.7 Å². The number of hydrogen-bond donors (Lipinski definition) is 4. The average molecular weight is 616 g/mol. The number of carbonyl (C=O) groups excluding carboxylic acids is 2. The summed E-state index contributed by atoms with van der Waals surface area (Å²) in [4.78, 5) is 32.6. The van der Waals surface area contributed by atoms with Crippen LogP contribution in [0.15, 0.2) is 66.2 Å². The van der Waals surface area contributed by atoms with E-state index in [0.29, 0.717) is 30.7 Å². The predicted octanol–water partition coefficient (Wildman–Crippen LogP) is 5.78. The number of nitrogens with zero attached hydrogens (tertiary/aromatic N) is 1. The fourth-order valence-electron chi connectivity index (χ4n) is 6.87. The van der Waals surface area contributed by atoms with Crippen molar-refractivity contribution in [3.63, 3.8) is 0 Å². The molecule has 8 nitrogen and oxygen atoms in total. The molecule has 1 aliphatic heterocycles. The van der Waals surface area contributed by atoms with E-state index in [1.807, 2.05) is 42.5 Å². The standard InChI is InChI=1S/C37H49N3O5/c1-2-3-4-5-6-7-8-9-10-19-33(42)40(22-20-27-24-26-15-11-13-17-30(26)39-27)31-25-29(37(44)38-21-23-41)34-28-16-12-14-18-32(28)45-36(34)35(31)43/h11-18,24-25,31,34-36,39,41,43H,2-10,19-23H2,1H3,(H,38,44)/t31-,34+,35+,36+/m1/s1. The van der Waals surface area contributed by atoms with E-state index in [1.54, 1.807) is 11.0 Å². The maximum atomic E-state index is 13.9. The minimum Gasteiger partial charge on any atom is -0.486 e. The summed E-state index contributed by atoms with van der Waals surface area (Å²) in [6.07, 6.45) is 11.5. The molecule has 2 aliphatic rings. The quantitative estimate of drug-likeness (QED) is 0.144. The highest BCUT2D eigenvalue weighted by Gasteiger charge is 2.50. The number of fused-ring (bicyclic) bond motifs is 4. The number of aromatic nitrogens is 1. The molecule has 4 N–H and O–H groups in total. The zero-order chi connectivity index (χ0) is 31.6. The predicted molar refractivity (Wildman–Crippen MR) is 177 cm³/mol. The number of aliphatic hydroxyl groups is 2. The topological polar surface area (TPSA) is 115 Å². The Balaban J connectivity index is 1.35. The second-order valence-electron chi connectivity index (χ2n) is 12.5. The van der Waals surface area contributed by atoms with Crippen LogP contribution < -0.4 is 10.1 Å². The van der Waals surface area contributed by atoms with Gasteiger partial charge in [0.05, 0.1) is 18.6 Å². The van der Waals surface area contributed by atoms with E-state index in [0.717, 1.165) is 41.4 Å². The van der Waals surface area contributed by atoms with Crippen molar-refractivity contribution in [3.8, 4) is 5.75 Å². The second kappa shape index (κ2) is 16.1. The number of rotatable bonds is 17. The van der Waals surface area contributed by atoms with Crippen LogP contribution in [-0.2, 0) is 16.0 Å². The molecule has 4 atom stereocenters. The van der Waals surface area contributed by atoms with Crippen LogP contribution in [0.25, 0.3) is 10.9 Å². The van der Waals surface area contributed by atoms with Crippen LogP contribution in [0.1, 0.15) is 88.3 Å². The van der Waals surface area contributed by atoms with Crippen molar-refractivity contribution in [1.82, 2.24) is 15.2 Å². The fourth-order valence-corrected chi connectivity index (χ4v) is 6.87. The van der Waals surface area contributed by atoms with Crippen LogP contribution in [-0.4, -0.2) is 69.9 Å². The van der Waals surface area contributed by atoms with Crippen LogP contribution in [0, 0.1) is 0 Å². The average Bonchev–Trinajstić information content (AvgIpc) is 3.66. The van der Waals surface area contributed by atoms with E-state index in [9.17, 15) is 19.8 Å². The minimum atomic E-state index is -1.02. The van der Waals surface area contributed by atoms with Gasteiger partial charge in [0.2, 0.25) is 11.8 Å². The number of ether oxygens (including phenoxy) is 1. The molecular formula is C37H49N3O5. The first-order valence-corrected chi connectivity index (χ1v) is 16.9. The molecule has 0 saturated heterocycles. The molecule has 0 unspecified atom stereocenters. The van der Waals surface area contributed by atoms with Gasteiger partial charge in [0.25, 0.3) is 0 Å². The van der Waals surface area contributed by atoms with Crippen molar-refractivity contribution in [2.24, 2.45) is 0 Å². The van der Waals surface area contributed by atoms with Gasteiger partial charge in [0.15, 0.2) is 0 Å². The number of hydrogen-bond acceptors (Lipinski definition) is 5. The molecule has 2 amide bonds. The molecule has 45 heavy (non-hydrogen) atoms. The summed E-state index contributed by atoms with van der Waals surface area (Å²) >= 11 is 0. The van der Waals surface area contributed by atoms with Crippen molar-refractivity contribution in [1.29, 1.82) is 0 Å². The first-order valence-electron chi connectivity index (χ1n) is 16.9. The molecule has 242 valence electrons. The summed E-state index contributed by atoms with van der Waals surface area (Å²) in [5.41, 5.74) is 3.35. The van der Waals surface area contributed by atoms with E-state index in [1.165, 1.54) is 38.5 Å². The largest absolute Gasteiger partial charge is 0.486 e. The highest BCUT2D eigenvalue weighted by Crippen LogP contribution is 2.47. The molecular weight excluding hydrogens is 566 g/mol. The number of benzene rings is 2. The van der Waals surface area contributed by atoms with E-state index in [2.05, 4.69) is 29.4 Å². The van der Waals surface area contributed by atoms with Crippen LogP contribution in [0.3, 0.4) is 0 Å². The lowest BCUT2D eigenvalue weighted by atomic mass is 9.77. The molecule has 0 saturated carbocycles. The monoisotopic (exact) mass is 615 g/mol. The summed E-state index contributed by atoms with van der Waals surface area (Å²) in [6, 6.07) is 17.0. The summed E-state index contributed by atoms with van der Waals surface area (Å²) in [7, 11) is 0. The Bertz CT molecular complexity index is 1420. The Kier molecular flexibility index (Phi) is 11.7. The molecule has 3 aromatic rings. The number of aliphatic hydroxyl groups excluding tert-OH is 2. The summed E-state index contributed by atoms with van der Waals surface area (Å²) < 4.78 is 6.27. The first-order chi connectivity index (χ1) is 22.0. The van der Waals surface area contributed by atoms with Gasteiger partial charge in [-0.25, -0.2) is 0 Å². The number of H-pyrrole nitrogens is 1. The molecule has 1 aliphatic carbocycles. The first kappa shape index (κ1) is 32.8. The van der Waals surface area contributed by atoms with Crippen molar-refractivity contribution in [3.05, 3.63) is 77.5 Å². The molecule has 2 heterocycles. The van der Waals surface area contributed by atoms with Crippen LogP contribution in [0.2, 0.25) is 0 Å². The molecule has 8 heteroatoms. The van der Waals surface area contributed by atoms with E-state index < -0.39 is 24.2 Å². The van der Waals surface area contributed by atoms with Gasteiger partial charge in [0.1, 0.15) is 18.0 Å². The summed E-state index contributed by atoms with van der Waals surface area (Å²) in [5.74, 6) is -0.176. The number of amides is 2. The second-order valence-corrected chi connectivity index (χ2v) is 12.5. The maximum Gasteiger partial charge on any atom is 0.247 e. The van der Waals surface area contributed by atoms with Gasteiger partial charge in [-0.2, -0.15) is 0 Å². The lowest BCUT2D eigenvalue weighted by Crippen LogP contribution is -2.56. The maximum absolute atomic E-state index is 13.9. The van der Waals surface area contributed by atoms with E-state index in [4.69, 9.17) is 4.74 Å². The Morgan fingerprint density at radius 3 is 2.42 bits per heavy atom. The van der Waals surface area contributed by atoms with Crippen LogP contribution >= 0.6 is 0 Å². The van der Waals surface area contributed by atoms with Crippen molar-refractivity contribution < 1.29 is 24.5 Å². The molecule has 5 rings (SSSR count). The number of carbonyl (C=O) groups is 2. The van der Waals surface area contributed by atoms with Gasteiger partial charge in [0, 0.05) is 48.3 Å². The number of nitrogens with one attached hydrogen (secondary N) is 2. The molecule has 0 bridgehead atoms. The SMILES string of the molecule is CCCCCCCCCCCC(=O)N(CCc1cc2ccccc2[nH]1)[C@@H]1C=C(C(=O)NCCO)[C@@H]2c3ccccc3O[C@@H]2[C@H]1O. The van der Waals surface area contributed by atoms with Crippen molar-refractivity contribution in [2.45, 2.75) is 102 Å². The number of unbranched alkanes of at least 4 members (excludes halogenated alkanes) is 8. The number of aromatic amines is 1. The van der Waals surface area contributed by atoms with Crippen molar-refractivity contribution in [2.75, 3.05) is 19.7 Å². The zero-order valence-corrected chi connectivity index (χ0v) is 26.5. The fraction of sp³-hybridized carbons (Fsp3) is 0.514. The van der Waals surface area contributed by atoms with Crippen molar-refractivity contribution >= 4 is 22.7 Å². The summed E-state index contributed by atoms with van der Waals surface area (Å²) in [6.45, 7) is 2.55. The van der Waals surface area contributed by atoms with E-state index >= 15 is 0 Å². The van der Waals surface area contributed by atoms with Gasteiger partial charge in [-0.3, -0.25) is 9.59 Å². The van der Waals surface area contributed by atoms with Crippen LogP contribution in [0.4, 0.5) is 0 Å². The van der Waals surface area contributed by atoms with Gasteiger partial charge < -0.3 is 30.2 Å². The van der Waals surface area contributed by atoms with Gasteiger partial charge in [-0.15, -0.1) is 0 Å². The molecule has 0 radical (unpaired) electrons. The third-order valence-electron chi connectivity index (χ3n) is 9.26. The highest BCUT2D eigenvalue weighted by molar-refractivity contribution is 5.96. The third-order valence-corrected chi connectivity index (χ3v) is 9.26. The van der Waals surface area contributed by atoms with Crippen LogP contribution in [0.5, 0.6) is 5.75 Å². The summed E-state index contributed by atoms with van der Waals surface area (Å²) in [5, 5.41) is 25.1. The third kappa shape index (κ3) is 7.97. The Labute approximate surface area is 266 Å². The minimum absolute atomic E-state index is 0.0292. The Hall–Kier alpha value is -3.62. The van der Waals surface area contributed by atoms with Gasteiger partial charge in [-0.05, 0) is 36.1 Å². The highest BCUT2D eigenvalue weighted by atomic mass is 16.5. The molecule has 1 aromatic heterocycles. The molecule has 2 aromatic carbocycles. The molecule has 0 spiro atoms.